The van der Waals surface area contributed by atoms with Gasteiger partial charge in [-0.1, -0.05) is 21.0 Å². The van der Waals surface area contributed by atoms with Crippen LogP contribution >= 0.6 is 15.9 Å². The third-order valence-corrected chi connectivity index (χ3v) is 3.98. The van der Waals surface area contributed by atoms with Crippen LogP contribution in [0.4, 0.5) is 11.5 Å². The highest BCUT2D eigenvalue weighted by atomic mass is 79.9. The maximum absolute atomic E-state index is 12.1. The van der Waals surface area contributed by atoms with E-state index in [1.807, 2.05) is 24.3 Å². The molecule has 0 bridgehead atoms. The maximum atomic E-state index is 12.1. The second-order valence-corrected chi connectivity index (χ2v) is 6.52. The van der Waals surface area contributed by atoms with Gasteiger partial charge in [0.1, 0.15) is 5.75 Å². The van der Waals surface area contributed by atoms with Crippen LogP contribution < -0.4 is 10.1 Å². The van der Waals surface area contributed by atoms with E-state index in [9.17, 15) is 14.9 Å². The molecule has 1 aromatic carbocycles. The summed E-state index contributed by atoms with van der Waals surface area (Å²) in [5, 5.41) is 21.6. The number of nitrogens with one attached hydrogen (secondary N) is 1. The topological polar surface area (TPSA) is 117 Å². The molecule has 10 nitrogen and oxygen atoms in total. The summed E-state index contributed by atoms with van der Waals surface area (Å²) in [5.74, 6) is -0.00327. The Balaban J connectivity index is 1.56. The molecule has 0 aliphatic heterocycles. The summed E-state index contributed by atoms with van der Waals surface area (Å²) in [4.78, 5) is 22.5. The minimum Gasteiger partial charge on any atom is -0.471 e. The van der Waals surface area contributed by atoms with Gasteiger partial charge in [0.2, 0.25) is 0 Å². The number of nitro groups is 1. The van der Waals surface area contributed by atoms with Crippen molar-refractivity contribution in [1.29, 1.82) is 0 Å². The second kappa shape index (κ2) is 7.99. The van der Waals surface area contributed by atoms with Crippen molar-refractivity contribution in [2.75, 3.05) is 5.32 Å². The molecule has 11 heteroatoms. The number of hydrogen-bond donors (Lipinski definition) is 1. The summed E-state index contributed by atoms with van der Waals surface area (Å²) in [6.07, 6.45) is 3.06. The monoisotopic (exact) mass is 434 g/mol. The molecule has 0 radical (unpaired) electrons. The summed E-state index contributed by atoms with van der Waals surface area (Å²) >= 11 is 3.35. The van der Waals surface area contributed by atoms with Gasteiger partial charge in [-0.2, -0.15) is 5.10 Å². The fourth-order valence-electron chi connectivity index (χ4n) is 2.30. The summed E-state index contributed by atoms with van der Waals surface area (Å²) < 4.78 is 9.09. The molecule has 0 aliphatic rings. The van der Waals surface area contributed by atoms with Gasteiger partial charge in [-0.25, -0.2) is 4.68 Å². The average Bonchev–Trinajstić information content (AvgIpc) is 3.20. The van der Waals surface area contributed by atoms with E-state index in [1.165, 1.54) is 16.9 Å². The minimum atomic E-state index is -0.579. The number of anilines is 1. The highest BCUT2D eigenvalue weighted by Gasteiger charge is 2.19. The lowest BCUT2D eigenvalue weighted by Crippen LogP contribution is -2.20. The van der Waals surface area contributed by atoms with Crippen molar-refractivity contribution < 1.29 is 14.5 Å². The average molecular weight is 435 g/mol. The van der Waals surface area contributed by atoms with E-state index in [-0.39, 0.29) is 19.1 Å². The number of ether oxygens (including phenoxy) is 1. The van der Waals surface area contributed by atoms with Crippen molar-refractivity contribution in [2.45, 2.75) is 20.2 Å². The van der Waals surface area contributed by atoms with E-state index >= 15 is 0 Å². The lowest BCUT2D eigenvalue weighted by molar-refractivity contribution is -0.392. The molecule has 2 heterocycles. The van der Waals surface area contributed by atoms with Crippen LogP contribution in [0.5, 0.6) is 5.75 Å². The Morgan fingerprint density at radius 2 is 2.11 bits per heavy atom. The highest BCUT2D eigenvalue weighted by Crippen LogP contribution is 2.17. The van der Waals surface area contributed by atoms with Crippen LogP contribution in [-0.4, -0.2) is 30.4 Å². The van der Waals surface area contributed by atoms with Crippen LogP contribution in [-0.2, 0) is 18.1 Å². The number of nitrogens with zero attached hydrogens (tertiary/aromatic N) is 5. The summed E-state index contributed by atoms with van der Waals surface area (Å²) in [6.45, 7) is 1.52. The first-order valence-electron chi connectivity index (χ1n) is 7.80. The molecule has 1 amide bonds. The van der Waals surface area contributed by atoms with Gasteiger partial charge in [-0.3, -0.25) is 4.79 Å². The molecule has 0 saturated carbocycles. The molecule has 2 aromatic heterocycles. The van der Waals surface area contributed by atoms with Crippen LogP contribution in [0, 0.1) is 17.0 Å². The molecule has 140 valence electrons. The van der Waals surface area contributed by atoms with Gasteiger partial charge < -0.3 is 20.2 Å². The van der Waals surface area contributed by atoms with Crippen LogP contribution in [0.2, 0.25) is 0 Å². The van der Waals surface area contributed by atoms with Crippen LogP contribution in [0.1, 0.15) is 5.69 Å². The van der Waals surface area contributed by atoms with Gasteiger partial charge in [-0.05, 0) is 36.1 Å². The van der Waals surface area contributed by atoms with Crippen molar-refractivity contribution in [1.82, 2.24) is 19.6 Å². The predicted molar refractivity (Wildman–Crippen MR) is 99.2 cm³/mol. The van der Waals surface area contributed by atoms with E-state index in [0.29, 0.717) is 17.1 Å². The van der Waals surface area contributed by atoms with Crippen molar-refractivity contribution >= 4 is 33.3 Å². The van der Waals surface area contributed by atoms with Gasteiger partial charge in [-0.15, -0.1) is 4.68 Å². The minimum absolute atomic E-state index is 0.168. The Labute approximate surface area is 162 Å². The Morgan fingerprint density at radius 1 is 1.37 bits per heavy atom. The largest absolute Gasteiger partial charge is 0.471 e. The molecular weight excluding hydrogens is 420 g/mol. The van der Waals surface area contributed by atoms with Gasteiger partial charge >= 0.3 is 5.82 Å². The fourth-order valence-corrected chi connectivity index (χ4v) is 2.57. The summed E-state index contributed by atoms with van der Waals surface area (Å²) in [7, 11) is 0. The van der Waals surface area contributed by atoms with Crippen LogP contribution in [0.15, 0.2) is 47.2 Å². The third-order valence-electron chi connectivity index (χ3n) is 3.46. The highest BCUT2D eigenvalue weighted by molar-refractivity contribution is 9.10. The molecule has 0 atom stereocenters. The number of aromatic nitrogens is 4. The summed E-state index contributed by atoms with van der Waals surface area (Å²) in [5.41, 5.74) is 0.915. The Kier molecular flexibility index (Phi) is 5.50. The predicted octanol–water partition coefficient (Wildman–Crippen LogP) is 2.73. The van der Waals surface area contributed by atoms with Crippen LogP contribution in [0.3, 0.4) is 0 Å². The summed E-state index contributed by atoms with van der Waals surface area (Å²) in [6, 6.07) is 8.66. The number of amides is 1. The smallest absolute Gasteiger partial charge is 0.345 e. The zero-order valence-electron chi connectivity index (χ0n) is 14.2. The Hall–Kier alpha value is -3.21. The van der Waals surface area contributed by atoms with Crippen molar-refractivity contribution in [3.63, 3.8) is 0 Å². The number of hydrogen-bond acceptors (Lipinski definition) is 6. The first-order valence-corrected chi connectivity index (χ1v) is 8.59. The zero-order valence-corrected chi connectivity index (χ0v) is 15.8. The molecular formula is C16H15BrN6O4. The van der Waals surface area contributed by atoms with E-state index in [1.54, 1.807) is 13.1 Å². The molecule has 0 aliphatic carbocycles. The molecule has 0 unspecified atom stereocenters. The van der Waals surface area contributed by atoms with Crippen molar-refractivity contribution in [3.05, 3.63) is 63.0 Å². The number of benzene rings is 1. The van der Waals surface area contributed by atoms with Crippen molar-refractivity contribution in [2.24, 2.45) is 0 Å². The molecule has 0 spiro atoms. The standard InChI is InChI=1S/C16H15BrN6O4/c1-11-6-16(23(25)26)22(20-11)9-15(24)19-13-7-18-21(8-13)10-27-14-4-2-12(17)3-5-14/h2-8H,9-10H2,1H3,(H,19,24). The number of rotatable bonds is 7. The number of carbonyl (C=O) groups excluding carboxylic acids is 1. The van der Waals surface area contributed by atoms with E-state index < -0.39 is 10.8 Å². The van der Waals surface area contributed by atoms with Gasteiger partial charge in [0, 0.05) is 4.47 Å². The SMILES string of the molecule is Cc1cc([N+](=O)[O-])n(CC(=O)Nc2cnn(COc3ccc(Br)cc3)c2)n1. The normalized spacial score (nSPS) is 10.6. The van der Waals surface area contributed by atoms with Crippen LogP contribution in [0.25, 0.3) is 0 Å². The van der Waals surface area contributed by atoms with Gasteiger partial charge in [0.15, 0.2) is 13.3 Å². The molecule has 1 N–H and O–H groups in total. The third kappa shape index (κ3) is 4.91. The van der Waals surface area contributed by atoms with E-state index in [0.717, 1.165) is 9.15 Å². The molecule has 3 rings (SSSR count). The fraction of sp³-hybridized carbons (Fsp3) is 0.188. The Bertz CT molecular complexity index is 966. The van der Waals surface area contributed by atoms with Gasteiger partial charge in [0.05, 0.1) is 29.8 Å². The quantitative estimate of drug-likeness (QED) is 0.451. The second-order valence-electron chi connectivity index (χ2n) is 5.60. The first-order chi connectivity index (χ1) is 12.9. The molecule has 0 fully saturated rings. The lowest BCUT2D eigenvalue weighted by atomic mass is 10.3. The zero-order chi connectivity index (χ0) is 19.4. The molecule has 3 aromatic rings. The van der Waals surface area contributed by atoms with Crippen molar-refractivity contribution in [3.8, 4) is 5.75 Å². The lowest BCUT2D eigenvalue weighted by Gasteiger charge is -2.06. The number of halogens is 1. The van der Waals surface area contributed by atoms with Gasteiger partial charge in [0.25, 0.3) is 5.91 Å². The Morgan fingerprint density at radius 3 is 2.81 bits per heavy atom. The number of carbonyl (C=O) groups is 1. The van der Waals surface area contributed by atoms with E-state index in [4.69, 9.17) is 4.74 Å². The maximum Gasteiger partial charge on any atom is 0.345 e. The van der Waals surface area contributed by atoms with E-state index in [2.05, 4.69) is 31.4 Å². The molecule has 0 saturated heterocycles. The molecule has 27 heavy (non-hydrogen) atoms. The number of aryl methyl sites for hydroxylation is 1. The first kappa shape index (κ1) is 18.6.